The first-order chi connectivity index (χ1) is 14.9. The van der Waals surface area contributed by atoms with E-state index in [2.05, 4.69) is 9.97 Å². The van der Waals surface area contributed by atoms with Gasteiger partial charge in [-0.3, -0.25) is 0 Å². The van der Waals surface area contributed by atoms with Crippen molar-refractivity contribution in [3.05, 3.63) is 64.6 Å². The van der Waals surface area contributed by atoms with Crippen LogP contribution in [0, 0.1) is 6.92 Å². The van der Waals surface area contributed by atoms with Gasteiger partial charge in [0.2, 0.25) is 11.8 Å². The molecule has 0 amide bonds. The molecule has 2 aromatic heterocycles. The van der Waals surface area contributed by atoms with E-state index in [0.29, 0.717) is 49.3 Å². The van der Waals surface area contributed by atoms with Crippen molar-refractivity contribution in [1.82, 2.24) is 9.97 Å². The number of carbonyl (C=O) groups is 1. The quantitative estimate of drug-likeness (QED) is 0.548. The molecule has 1 atom stereocenters. The fourth-order valence-electron chi connectivity index (χ4n) is 3.67. The Morgan fingerprint density at radius 2 is 2.19 bits per heavy atom. The van der Waals surface area contributed by atoms with Crippen LogP contribution in [0.4, 0.5) is 0 Å². The molecule has 3 aromatic rings. The predicted molar refractivity (Wildman–Crippen MR) is 114 cm³/mol. The lowest BCUT2D eigenvalue weighted by atomic mass is 9.92. The van der Waals surface area contributed by atoms with Crippen LogP contribution in [0.3, 0.4) is 0 Å². The fourth-order valence-corrected chi connectivity index (χ4v) is 3.86. The van der Waals surface area contributed by atoms with Crippen LogP contribution in [0.25, 0.3) is 11.5 Å². The summed E-state index contributed by atoms with van der Waals surface area (Å²) in [4.78, 5) is 20.5. The number of aromatic nitrogens is 2. The van der Waals surface area contributed by atoms with Crippen LogP contribution >= 0.6 is 11.6 Å². The number of carboxylic acids is 1. The van der Waals surface area contributed by atoms with Crippen molar-refractivity contribution >= 4 is 17.6 Å². The molecular formula is C23H23ClN2O5. The van der Waals surface area contributed by atoms with Crippen molar-refractivity contribution in [2.24, 2.45) is 0 Å². The molecular weight excluding hydrogens is 420 g/mol. The molecule has 0 saturated carbocycles. The van der Waals surface area contributed by atoms with Gasteiger partial charge in [0.15, 0.2) is 5.60 Å². The lowest BCUT2D eigenvalue weighted by Gasteiger charge is -2.23. The van der Waals surface area contributed by atoms with Crippen LogP contribution < -0.4 is 4.74 Å². The summed E-state index contributed by atoms with van der Waals surface area (Å²) in [6.45, 7) is 2.73. The van der Waals surface area contributed by atoms with E-state index in [4.69, 9.17) is 25.5 Å². The molecule has 4 rings (SSSR count). The van der Waals surface area contributed by atoms with E-state index in [9.17, 15) is 9.90 Å². The van der Waals surface area contributed by atoms with Gasteiger partial charge in [-0.2, -0.15) is 0 Å². The van der Waals surface area contributed by atoms with E-state index in [-0.39, 0.29) is 0 Å². The molecule has 8 heteroatoms. The number of benzene rings is 1. The standard InChI is InChI=1S/C23H23ClN2O5/c1-15-19(26-21(31-15)17-4-2-5-18(24)12-17)8-11-29-20-7-6-16(14-25-20)13-23(22(27)28)9-3-10-30-23/h2,4-7,12,14H,3,8-11,13H2,1H3,(H,27,28). The van der Waals surface area contributed by atoms with E-state index in [0.717, 1.165) is 29.0 Å². The number of rotatable bonds is 8. The first kappa shape index (κ1) is 21.3. The maximum Gasteiger partial charge on any atom is 0.336 e. The number of halogens is 1. The summed E-state index contributed by atoms with van der Waals surface area (Å²) in [6, 6.07) is 10.9. The van der Waals surface area contributed by atoms with Crippen LogP contribution in [0.15, 0.2) is 47.0 Å². The molecule has 0 radical (unpaired) electrons. The summed E-state index contributed by atoms with van der Waals surface area (Å²) < 4.78 is 17.0. The zero-order valence-corrected chi connectivity index (χ0v) is 17.9. The molecule has 1 unspecified atom stereocenters. The van der Waals surface area contributed by atoms with Crippen molar-refractivity contribution in [3.8, 4) is 17.3 Å². The van der Waals surface area contributed by atoms with E-state index >= 15 is 0 Å². The maximum absolute atomic E-state index is 11.6. The lowest BCUT2D eigenvalue weighted by molar-refractivity contribution is -0.159. The summed E-state index contributed by atoms with van der Waals surface area (Å²) in [6.07, 6.45) is 3.76. The molecule has 31 heavy (non-hydrogen) atoms. The van der Waals surface area contributed by atoms with Gasteiger partial charge >= 0.3 is 5.97 Å². The third kappa shape index (κ3) is 4.89. The molecule has 0 spiro atoms. The summed E-state index contributed by atoms with van der Waals surface area (Å²) in [5.74, 6) is 0.804. The summed E-state index contributed by atoms with van der Waals surface area (Å²) in [7, 11) is 0. The third-order valence-corrected chi connectivity index (χ3v) is 5.57. The molecule has 3 heterocycles. The van der Waals surface area contributed by atoms with E-state index in [1.807, 2.05) is 31.2 Å². The number of pyridine rings is 1. The highest BCUT2D eigenvalue weighted by atomic mass is 35.5. The first-order valence-electron chi connectivity index (χ1n) is 10.1. The smallest absolute Gasteiger partial charge is 0.336 e. The second kappa shape index (κ2) is 9.08. The highest BCUT2D eigenvalue weighted by Crippen LogP contribution is 2.30. The molecule has 0 aliphatic carbocycles. The highest BCUT2D eigenvalue weighted by molar-refractivity contribution is 6.30. The van der Waals surface area contributed by atoms with Gasteiger partial charge in [-0.05, 0) is 43.5 Å². The summed E-state index contributed by atoms with van der Waals surface area (Å²) >= 11 is 6.04. The average Bonchev–Trinajstić information content (AvgIpc) is 3.37. The lowest BCUT2D eigenvalue weighted by Crippen LogP contribution is -2.40. The number of aliphatic carboxylic acids is 1. The molecule has 1 aromatic carbocycles. The molecule has 0 bridgehead atoms. The van der Waals surface area contributed by atoms with Gasteiger partial charge in [0.05, 0.1) is 12.3 Å². The van der Waals surface area contributed by atoms with Crippen molar-refractivity contribution < 1.29 is 23.8 Å². The Hall–Kier alpha value is -2.90. The summed E-state index contributed by atoms with van der Waals surface area (Å²) in [5.41, 5.74) is 1.30. The number of hydrogen-bond donors (Lipinski definition) is 1. The van der Waals surface area contributed by atoms with Gasteiger partial charge in [-0.25, -0.2) is 14.8 Å². The Morgan fingerprint density at radius 3 is 2.87 bits per heavy atom. The minimum Gasteiger partial charge on any atom is -0.479 e. The monoisotopic (exact) mass is 442 g/mol. The number of ether oxygens (including phenoxy) is 2. The largest absolute Gasteiger partial charge is 0.479 e. The van der Waals surface area contributed by atoms with Crippen molar-refractivity contribution in [3.63, 3.8) is 0 Å². The molecule has 1 N–H and O–H groups in total. The number of oxazole rings is 1. The topological polar surface area (TPSA) is 94.7 Å². The predicted octanol–water partition coefficient (Wildman–Crippen LogP) is 4.50. The number of nitrogens with zero attached hydrogens (tertiary/aromatic N) is 2. The molecule has 1 fully saturated rings. The number of hydrogen-bond acceptors (Lipinski definition) is 6. The molecule has 7 nitrogen and oxygen atoms in total. The summed E-state index contributed by atoms with van der Waals surface area (Å²) in [5, 5.41) is 10.2. The normalized spacial score (nSPS) is 18.3. The Labute approximate surface area is 185 Å². The van der Waals surface area contributed by atoms with E-state index in [1.54, 1.807) is 18.3 Å². The van der Waals surface area contributed by atoms with Crippen molar-refractivity contribution in [1.29, 1.82) is 0 Å². The molecule has 1 aliphatic heterocycles. The highest BCUT2D eigenvalue weighted by Gasteiger charge is 2.42. The number of aryl methyl sites for hydroxylation is 1. The zero-order chi connectivity index (χ0) is 21.8. The van der Waals surface area contributed by atoms with Gasteiger partial charge in [0, 0.05) is 42.3 Å². The fraction of sp³-hybridized carbons (Fsp3) is 0.348. The van der Waals surface area contributed by atoms with E-state index < -0.39 is 11.6 Å². The molecule has 162 valence electrons. The van der Waals surface area contributed by atoms with E-state index in [1.165, 1.54) is 0 Å². The Kier molecular flexibility index (Phi) is 6.25. The van der Waals surface area contributed by atoms with Crippen molar-refractivity contribution in [2.75, 3.05) is 13.2 Å². The SMILES string of the molecule is Cc1oc(-c2cccc(Cl)c2)nc1CCOc1ccc(CC2(C(=O)O)CCCO2)cn1. The second-order valence-corrected chi connectivity index (χ2v) is 8.00. The maximum atomic E-state index is 11.6. The Balaban J connectivity index is 1.34. The minimum atomic E-state index is -1.14. The van der Waals surface area contributed by atoms with Crippen LogP contribution in [-0.4, -0.2) is 39.9 Å². The Morgan fingerprint density at radius 1 is 1.32 bits per heavy atom. The van der Waals surface area contributed by atoms with Gasteiger partial charge in [-0.15, -0.1) is 0 Å². The van der Waals surface area contributed by atoms with Crippen LogP contribution in [-0.2, 0) is 22.4 Å². The number of carboxylic acid groups (broad SMARTS) is 1. The van der Waals surface area contributed by atoms with Crippen LogP contribution in [0.2, 0.25) is 5.02 Å². The third-order valence-electron chi connectivity index (χ3n) is 5.33. The first-order valence-corrected chi connectivity index (χ1v) is 10.5. The van der Waals surface area contributed by atoms with Crippen molar-refractivity contribution in [2.45, 2.75) is 38.2 Å². The van der Waals surface area contributed by atoms with Gasteiger partial charge in [0.25, 0.3) is 0 Å². The average molecular weight is 443 g/mol. The second-order valence-electron chi connectivity index (χ2n) is 7.56. The van der Waals surface area contributed by atoms with Crippen LogP contribution in [0.5, 0.6) is 5.88 Å². The molecule has 1 aliphatic rings. The van der Waals surface area contributed by atoms with Gasteiger partial charge in [0.1, 0.15) is 5.76 Å². The zero-order valence-electron chi connectivity index (χ0n) is 17.1. The van der Waals surface area contributed by atoms with Gasteiger partial charge in [-0.1, -0.05) is 23.7 Å². The Bertz CT molecular complexity index is 1060. The minimum absolute atomic E-state index is 0.292. The van der Waals surface area contributed by atoms with Crippen LogP contribution in [0.1, 0.15) is 29.9 Å². The van der Waals surface area contributed by atoms with Gasteiger partial charge < -0.3 is 19.0 Å². The molecule has 1 saturated heterocycles.